The zero-order chi connectivity index (χ0) is 11.8. The van der Waals surface area contributed by atoms with Crippen molar-refractivity contribution < 1.29 is 9.18 Å². The number of carbonyl (C=O) groups excluding carboxylic acids is 1. The second-order valence-electron chi connectivity index (χ2n) is 4.95. The largest absolute Gasteiger partial charge is 0.350 e. The summed E-state index contributed by atoms with van der Waals surface area (Å²) in [6, 6.07) is 4.22. The van der Waals surface area contributed by atoms with Crippen molar-refractivity contribution in [2.75, 3.05) is 6.54 Å². The lowest BCUT2D eigenvalue weighted by Crippen LogP contribution is -2.27. The van der Waals surface area contributed by atoms with Crippen LogP contribution in [0.3, 0.4) is 0 Å². The third-order valence-electron chi connectivity index (χ3n) is 3.17. The van der Waals surface area contributed by atoms with Crippen molar-refractivity contribution >= 4 is 5.91 Å². The van der Waals surface area contributed by atoms with Gasteiger partial charge in [-0.2, -0.15) is 4.39 Å². The number of hydrogen-bond donors (Lipinski definition) is 1. The van der Waals surface area contributed by atoms with Crippen LogP contribution in [-0.4, -0.2) is 17.4 Å². The molecule has 0 saturated heterocycles. The van der Waals surface area contributed by atoms with Crippen molar-refractivity contribution in [1.82, 2.24) is 10.3 Å². The van der Waals surface area contributed by atoms with Crippen molar-refractivity contribution in [3.8, 4) is 0 Å². The Morgan fingerprint density at radius 3 is 2.88 bits per heavy atom. The maximum atomic E-state index is 12.8. The van der Waals surface area contributed by atoms with E-state index in [-0.39, 0.29) is 11.6 Å². The number of halogens is 1. The second-order valence-corrected chi connectivity index (χ2v) is 4.95. The number of rotatable bonds is 3. The molecule has 1 atom stereocenters. The van der Waals surface area contributed by atoms with E-state index in [0.717, 1.165) is 6.42 Å². The SMILES string of the molecule is CC1(C)CC1CNC(=O)c1cccc(F)n1. The Labute approximate surface area is 94.1 Å². The number of hydrogen-bond acceptors (Lipinski definition) is 2. The van der Waals surface area contributed by atoms with E-state index in [1.165, 1.54) is 18.2 Å². The minimum Gasteiger partial charge on any atom is -0.350 e. The standard InChI is InChI=1S/C12H15FN2O/c1-12(2)6-8(12)7-14-11(16)9-4-3-5-10(13)15-9/h3-5,8H,6-7H2,1-2H3,(H,14,16). The Morgan fingerprint density at radius 1 is 1.62 bits per heavy atom. The van der Waals surface area contributed by atoms with E-state index in [4.69, 9.17) is 0 Å². The molecule has 0 aromatic carbocycles. The van der Waals surface area contributed by atoms with Gasteiger partial charge in [-0.05, 0) is 29.9 Å². The molecule has 4 heteroatoms. The Kier molecular flexibility index (Phi) is 2.66. The number of nitrogens with one attached hydrogen (secondary N) is 1. The molecule has 0 aliphatic heterocycles. The molecule has 2 rings (SSSR count). The number of aromatic nitrogens is 1. The van der Waals surface area contributed by atoms with Crippen LogP contribution in [0.15, 0.2) is 18.2 Å². The first-order valence-corrected chi connectivity index (χ1v) is 5.40. The number of amides is 1. The summed E-state index contributed by atoms with van der Waals surface area (Å²) in [5.74, 6) is -0.397. The smallest absolute Gasteiger partial charge is 0.270 e. The maximum Gasteiger partial charge on any atom is 0.270 e. The Balaban J connectivity index is 1.89. The van der Waals surface area contributed by atoms with Crippen LogP contribution >= 0.6 is 0 Å². The van der Waals surface area contributed by atoms with Crippen LogP contribution in [0.25, 0.3) is 0 Å². The highest BCUT2D eigenvalue weighted by atomic mass is 19.1. The number of carbonyl (C=O) groups is 1. The lowest BCUT2D eigenvalue weighted by Gasteiger charge is -2.05. The van der Waals surface area contributed by atoms with Crippen LogP contribution in [0.1, 0.15) is 30.8 Å². The first-order valence-electron chi connectivity index (χ1n) is 5.40. The van der Waals surface area contributed by atoms with E-state index < -0.39 is 5.95 Å². The lowest BCUT2D eigenvalue weighted by molar-refractivity contribution is 0.0944. The predicted octanol–water partition coefficient (Wildman–Crippen LogP) is 2.00. The van der Waals surface area contributed by atoms with Crippen molar-refractivity contribution in [3.05, 3.63) is 29.8 Å². The van der Waals surface area contributed by atoms with Gasteiger partial charge in [0.05, 0.1) is 0 Å². The van der Waals surface area contributed by atoms with Gasteiger partial charge in [0, 0.05) is 6.54 Å². The molecule has 3 nitrogen and oxygen atoms in total. The van der Waals surface area contributed by atoms with Crippen LogP contribution < -0.4 is 5.32 Å². The van der Waals surface area contributed by atoms with Gasteiger partial charge in [0.1, 0.15) is 5.69 Å². The number of pyridine rings is 1. The fraction of sp³-hybridized carbons (Fsp3) is 0.500. The van der Waals surface area contributed by atoms with E-state index in [2.05, 4.69) is 24.1 Å². The molecule has 1 saturated carbocycles. The zero-order valence-corrected chi connectivity index (χ0v) is 9.46. The highest BCUT2D eigenvalue weighted by molar-refractivity contribution is 5.92. The molecule has 16 heavy (non-hydrogen) atoms. The fourth-order valence-electron chi connectivity index (χ4n) is 1.77. The highest BCUT2D eigenvalue weighted by Crippen LogP contribution is 2.50. The van der Waals surface area contributed by atoms with Gasteiger partial charge in [0.15, 0.2) is 0 Å². The van der Waals surface area contributed by atoms with Crippen molar-refractivity contribution in [1.29, 1.82) is 0 Å². The van der Waals surface area contributed by atoms with Gasteiger partial charge in [-0.3, -0.25) is 4.79 Å². The van der Waals surface area contributed by atoms with Gasteiger partial charge in [-0.1, -0.05) is 19.9 Å². The van der Waals surface area contributed by atoms with Gasteiger partial charge in [0.25, 0.3) is 5.91 Å². The summed E-state index contributed by atoms with van der Waals surface area (Å²) >= 11 is 0. The summed E-state index contributed by atoms with van der Waals surface area (Å²) in [5, 5.41) is 2.78. The summed E-state index contributed by atoms with van der Waals surface area (Å²) in [6.07, 6.45) is 1.13. The molecule has 0 bridgehead atoms. The molecular formula is C12H15FN2O. The van der Waals surface area contributed by atoms with Crippen molar-refractivity contribution in [2.45, 2.75) is 20.3 Å². The molecule has 1 fully saturated rings. The maximum absolute atomic E-state index is 12.8. The molecule has 0 radical (unpaired) electrons. The van der Waals surface area contributed by atoms with Crippen LogP contribution in [-0.2, 0) is 0 Å². The molecule has 1 unspecified atom stereocenters. The molecule has 1 aromatic rings. The van der Waals surface area contributed by atoms with Gasteiger partial charge >= 0.3 is 0 Å². The van der Waals surface area contributed by atoms with E-state index in [1.54, 1.807) is 0 Å². The monoisotopic (exact) mass is 222 g/mol. The topological polar surface area (TPSA) is 42.0 Å². The normalized spacial score (nSPS) is 21.6. The average molecular weight is 222 g/mol. The minimum absolute atomic E-state index is 0.137. The van der Waals surface area contributed by atoms with E-state index in [0.29, 0.717) is 17.9 Å². The van der Waals surface area contributed by atoms with E-state index in [1.807, 2.05) is 0 Å². The van der Waals surface area contributed by atoms with Crippen LogP contribution in [0.5, 0.6) is 0 Å². The fourth-order valence-corrected chi connectivity index (χ4v) is 1.77. The molecule has 1 N–H and O–H groups in total. The summed E-state index contributed by atoms with van der Waals surface area (Å²) in [5.41, 5.74) is 0.473. The van der Waals surface area contributed by atoms with Crippen molar-refractivity contribution in [2.24, 2.45) is 11.3 Å². The third-order valence-corrected chi connectivity index (χ3v) is 3.17. The average Bonchev–Trinajstić information content (AvgIpc) is 2.83. The zero-order valence-electron chi connectivity index (χ0n) is 9.46. The molecule has 86 valence electrons. The molecule has 0 spiro atoms. The van der Waals surface area contributed by atoms with Crippen LogP contribution in [0.4, 0.5) is 4.39 Å². The summed E-state index contributed by atoms with van der Waals surface area (Å²) in [4.78, 5) is 15.1. The van der Waals surface area contributed by atoms with E-state index >= 15 is 0 Å². The Morgan fingerprint density at radius 2 is 2.31 bits per heavy atom. The first-order chi connectivity index (χ1) is 7.49. The van der Waals surface area contributed by atoms with E-state index in [9.17, 15) is 9.18 Å². The molecule has 1 aromatic heterocycles. The first kappa shape index (κ1) is 11.0. The second kappa shape index (κ2) is 3.85. The minimum atomic E-state index is -0.626. The highest BCUT2D eigenvalue weighted by Gasteiger charge is 2.45. The molecule has 1 aliphatic carbocycles. The van der Waals surface area contributed by atoms with Gasteiger partial charge in [-0.25, -0.2) is 4.98 Å². The third kappa shape index (κ3) is 2.38. The van der Waals surface area contributed by atoms with Crippen molar-refractivity contribution in [3.63, 3.8) is 0 Å². The molecular weight excluding hydrogens is 207 g/mol. The van der Waals surface area contributed by atoms with Gasteiger partial charge in [0.2, 0.25) is 5.95 Å². The quantitative estimate of drug-likeness (QED) is 0.795. The summed E-state index contributed by atoms with van der Waals surface area (Å²) < 4.78 is 12.8. The van der Waals surface area contributed by atoms with Crippen LogP contribution in [0, 0.1) is 17.3 Å². The molecule has 1 heterocycles. The lowest BCUT2D eigenvalue weighted by atomic mass is 10.1. The predicted molar refractivity (Wildman–Crippen MR) is 58.4 cm³/mol. The Bertz CT molecular complexity index is 417. The molecule has 1 amide bonds. The Hall–Kier alpha value is -1.45. The van der Waals surface area contributed by atoms with Gasteiger partial charge < -0.3 is 5.32 Å². The van der Waals surface area contributed by atoms with Crippen LogP contribution in [0.2, 0.25) is 0 Å². The van der Waals surface area contributed by atoms with Gasteiger partial charge in [-0.15, -0.1) is 0 Å². The summed E-state index contributed by atoms with van der Waals surface area (Å²) in [7, 11) is 0. The summed E-state index contributed by atoms with van der Waals surface area (Å²) in [6.45, 7) is 4.98. The molecule has 1 aliphatic rings. The number of nitrogens with zero attached hydrogens (tertiary/aromatic N) is 1.